The summed E-state index contributed by atoms with van der Waals surface area (Å²) in [4.78, 5) is 25.1. The van der Waals surface area contributed by atoms with Crippen molar-refractivity contribution < 1.29 is 19.1 Å². The van der Waals surface area contributed by atoms with Crippen LogP contribution in [0, 0.1) is 0 Å². The SMILES string of the molecule is CCOCCCNC(=S)NN1C(=O)NC(C)(c2cccc(OC)c2)C1=O. The Morgan fingerprint density at radius 1 is 1.38 bits per heavy atom. The first-order valence-corrected chi connectivity index (χ1v) is 8.76. The van der Waals surface area contributed by atoms with E-state index >= 15 is 0 Å². The van der Waals surface area contributed by atoms with Crippen LogP contribution < -0.4 is 20.8 Å². The molecule has 0 spiro atoms. The molecule has 3 amide bonds. The van der Waals surface area contributed by atoms with Crippen molar-refractivity contribution in [2.75, 3.05) is 26.9 Å². The monoisotopic (exact) mass is 380 g/mol. The standard InChI is InChI=1S/C17H24N4O4S/c1-4-25-10-6-9-18-15(26)20-21-14(22)17(2,19-16(21)23)12-7-5-8-13(11-12)24-3/h5,7-8,11H,4,6,9-10H2,1-3H3,(H,19,23)(H2,18,20,26). The van der Waals surface area contributed by atoms with Crippen LogP contribution >= 0.6 is 12.2 Å². The van der Waals surface area contributed by atoms with Crippen LogP contribution in [0.15, 0.2) is 24.3 Å². The minimum atomic E-state index is -1.21. The first kappa shape index (κ1) is 19.9. The van der Waals surface area contributed by atoms with Crippen LogP contribution in [-0.2, 0) is 15.1 Å². The second kappa shape index (κ2) is 8.81. The lowest BCUT2D eigenvalue weighted by molar-refractivity contribution is -0.132. The van der Waals surface area contributed by atoms with E-state index in [4.69, 9.17) is 21.7 Å². The molecule has 1 aliphatic heterocycles. The number of benzene rings is 1. The second-order valence-electron chi connectivity index (χ2n) is 5.85. The average Bonchev–Trinajstić information content (AvgIpc) is 2.86. The fourth-order valence-corrected chi connectivity index (χ4v) is 2.73. The summed E-state index contributed by atoms with van der Waals surface area (Å²) < 4.78 is 10.4. The number of nitrogens with zero attached hydrogens (tertiary/aromatic N) is 1. The van der Waals surface area contributed by atoms with Crippen molar-refractivity contribution in [3.05, 3.63) is 29.8 Å². The quantitative estimate of drug-likeness (QED) is 0.355. The highest BCUT2D eigenvalue weighted by atomic mass is 32.1. The van der Waals surface area contributed by atoms with E-state index < -0.39 is 17.5 Å². The van der Waals surface area contributed by atoms with E-state index in [1.54, 1.807) is 38.3 Å². The second-order valence-corrected chi connectivity index (χ2v) is 6.25. The van der Waals surface area contributed by atoms with Gasteiger partial charge in [0, 0.05) is 19.8 Å². The number of thiocarbonyl (C=S) groups is 1. The van der Waals surface area contributed by atoms with Gasteiger partial charge in [-0.3, -0.25) is 10.2 Å². The lowest BCUT2D eigenvalue weighted by Gasteiger charge is -2.23. The summed E-state index contributed by atoms with van der Waals surface area (Å²) in [7, 11) is 1.54. The molecule has 1 fully saturated rings. The van der Waals surface area contributed by atoms with Crippen molar-refractivity contribution in [3.8, 4) is 5.75 Å². The van der Waals surface area contributed by atoms with Crippen LogP contribution in [0.3, 0.4) is 0 Å². The third kappa shape index (κ3) is 4.41. The number of hydrazine groups is 1. The van der Waals surface area contributed by atoms with Gasteiger partial charge in [0.1, 0.15) is 11.3 Å². The van der Waals surface area contributed by atoms with E-state index in [2.05, 4.69) is 16.1 Å². The van der Waals surface area contributed by atoms with E-state index in [1.807, 2.05) is 6.92 Å². The number of amides is 3. The third-order valence-corrected chi connectivity index (χ3v) is 4.24. The van der Waals surface area contributed by atoms with Gasteiger partial charge < -0.3 is 20.1 Å². The fourth-order valence-electron chi connectivity index (χ4n) is 2.53. The topological polar surface area (TPSA) is 91.9 Å². The lowest BCUT2D eigenvalue weighted by Crippen LogP contribution is -2.51. The maximum atomic E-state index is 12.8. The third-order valence-electron chi connectivity index (χ3n) is 4.01. The maximum absolute atomic E-state index is 12.8. The molecule has 0 saturated carbocycles. The van der Waals surface area contributed by atoms with E-state index in [0.29, 0.717) is 31.1 Å². The molecule has 1 heterocycles. The Balaban J connectivity index is 2.00. The van der Waals surface area contributed by atoms with E-state index in [1.165, 1.54) is 0 Å². The highest BCUT2D eigenvalue weighted by Crippen LogP contribution is 2.30. The molecule has 1 saturated heterocycles. The predicted octanol–water partition coefficient (Wildman–Crippen LogP) is 1.27. The summed E-state index contributed by atoms with van der Waals surface area (Å²) >= 11 is 5.15. The molecule has 9 heteroatoms. The van der Waals surface area contributed by atoms with Crippen molar-refractivity contribution in [1.29, 1.82) is 0 Å². The highest BCUT2D eigenvalue weighted by molar-refractivity contribution is 7.80. The molecule has 2 rings (SSSR count). The molecule has 26 heavy (non-hydrogen) atoms. The van der Waals surface area contributed by atoms with Crippen LogP contribution in [0.4, 0.5) is 4.79 Å². The number of ether oxygens (including phenoxy) is 2. The van der Waals surface area contributed by atoms with Gasteiger partial charge in [-0.2, -0.15) is 5.01 Å². The molecule has 0 bridgehead atoms. The Morgan fingerprint density at radius 3 is 2.85 bits per heavy atom. The number of nitrogens with one attached hydrogen (secondary N) is 3. The van der Waals surface area contributed by atoms with Gasteiger partial charge in [-0.15, -0.1) is 0 Å². The van der Waals surface area contributed by atoms with Crippen LogP contribution in [0.1, 0.15) is 25.8 Å². The number of hydrogen-bond donors (Lipinski definition) is 3. The lowest BCUT2D eigenvalue weighted by atomic mass is 9.92. The highest BCUT2D eigenvalue weighted by Gasteiger charge is 2.49. The predicted molar refractivity (Wildman–Crippen MR) is 101 cm³/mol. The van der Waals surface area contributed by atoms with Crippen molar-refractivity contribution in [3.63, 3.8) is 0 Å². The van der Waals surface area contributed by atoms with Gasteiger partial charge in [0.25, 0.3) is 5.91 Å². The van der Waals surface area contributed by atoms with Gasteiger partial charge >= 0.3 is 6.03 Å². The Hall–Kier alpha value is -2.39. The number of hydrogen-bond acceptors (Lipinski definition) is 5. The summed E-state index contributed by atoms with van der Waals surface area (Å²) in [5.41, 5.74) is 2.06. The molecule has 1 atom stereocenters. The van der Waals surface area contributed by atoms with Gasteiger partial charge in [-0.1, -0.05) is 12.1 Å². The normalized spacial score (nSPS) is 19.3. The molecule has 0 aliphatic carbocycles. The molecule has 8 nitrogen and oxygen atoms in total. The molecule has 3 N–H and O–H groups in total. The van der Waals surface area contributed by atoms with E-state index in [0.717, 1.165) is 11.4 Å². The largest absolute Gasteiger partial charge is 0.497 e. The Labute approximate surface area is 158 Å². The molecule has 142 valence electrons. The molecule has 0 radical (unpaired) electrons. The van der Waals surface area contributed by atoms with Crippen molar-refractivity contribution in [1.82, 2.24) is 21.1 Å². The van der Waals surface area contributed by atoms with E-state index in [-0.39, 0.29) is 5.11 Å². The minimum Gasteiger partial charge on any atom is -0.497 e. The summed E-state index contributed by atoms with van der Waals surface area (Å²) in [6.07, 6.45) is 0.761. The number of urea groups is 1. The molecule has 1 unspecified atom stereocenters. The number of methoxy groups -OCH3 is 1. The number of carbonyl (C=O) groups excluding carboxylic acids is 2. The first-order valence-electron chi connectivity index (χ1n) is 8.35. The molecule has 0 aromatic heterocycles. The first-order chi connectivity index (χ1) is 12.4. The van der Waals surface area contributed by atoms with Crippen molar-refractivity contribution in [2.24, 2.45) is 0 Å². The van der Waals surface area contributed by atoms with Crippen LogP contribution in [0.2, 0.25) is 0 Å². The minimum absolute atomic E-state index is 0.194. The summed E-state index contributed by atoms with van der Waals surface area (Å²) in [5, 5.41) is 6.72. The average molecular weight is 380 g/mol. The van der Waals surface area contributed by atoms with Gasteiger partial charge in [-0.25, -0.2) is 4.79 Å². The zero-order chi connectivity index (χ0) is 19.2. The summed E-state index contributed by atoms with van der Waals surface area (Å²) in [6.45, 7) is 5.42. The zero-order valence-corrected chi connectivity index (χ0v) is 15.9. The number of rotatable bonds is 8. The van der Waals surface area contributed by atoms with Gasteiger partial charge in [-0.05, 0) is 50.2 Å². The van der Waals surface area contributed by atoms with Gasteiger partial charge in [0.15, 0.2) is 5.11 Å². The molecular weight excluding hydrogens is 356 g/mol. The van der Waals surface area contributed by atoms with Gasteiger partial charge in [0.2, 0.25) is 0 Å². The van der Waals surface area contributed by atoms with Crippen molar-refractivity contribution >= 4 is 29.3 Å². The summed E-state index contributed by atoms with van der Waals surface area (Å²) in [5.74, 6) is 0.151. The zero-order valence-electron chi connectivity index (χ0n) is 15.1. The molecule has 1 aliphatic rings. The number of carbonyl (C=O) groups is 2. The summed E-state index contributed by atoms with van der Waals surface area (Å²) in [6, 6.07) is 6.43. The Morgan fingerprint density at radius 2 is 2.15 bits per heavy atom. The Bertz CT molecular complexity index is 684. The smallest absolute Gasteiger partial charge is 0.344 e. The van der Waals surface area contributed by atoms with Crippen LogP contribution in [-0.4, -0.2) is 48.9 Å². The Kier molecular flexibility index (Phi) is 6.76. The molecular formula is C17H24N4O4S. The van der Waals surface area contributed by atoms with Crippen LogP contribution in [0.5, 0.6) is 5.75 Å². The maximum Gasteiger partial charge on any atom is 0.344 e. The molecule has 1 aromatic rings. The van der Waals surface area contributed by atoms with Crippen LogP contribution in [0.25, 0.3) is 0 Å². The molecule has 1 aromatic carbocycles. The number of imide groups is 1. The fraction of sp³-hybridized carbons (Fsp3) is 0.471. The van der Waals surface area contributed by atoms with Gasteiger partial charge in [0.05, 0.1) is 7.11 Å². The van der Waals surface area contributed by atoms with E-state index in [9.17, 15) is 9.59 Å². The van der Waals surface area contributed by atoms with Crippen molar-refractivity contribution in [2.45, 2.75) is 25.8 Å².